The zero-order valence-corrected chi connectivity index (χ0v) is 14.7. The smallest absolute Gasteiger partial charge is 0.266 e. The molecule has 1 amide bonds. The maximum Gasteiger partial charge on any atom is 0.266 e. The summed E-state index contributed by atoms with van der Waals surface area (Å²) in [6, 6.07) is 9.81. The van der Waals surface area contributed by atoms with Crippen molar-refractivity contribution in [3.05, 3.63) is 50.8 Å². The quantitative estimate of drug-likeness (QED) is 0.726. The summed E-state index contributed by atoms with van der Waals surface area (Å²) in [5.41, 5.74) is 2.59. The second-order valence-electron chi connectivity index (χ2n) is 5.22. The van der Waals surface area contributed by atoms with E-state index in [2.05, 4.69) is 14.6 Å². The number of aromatic nitrogens is 3. The lowest BCUT2D eigenvalue weighted by Crippen LogP contribution is -2.25. The van der Waals surface area contributed by atoms with E-state index in [0.717, 1.165) is 26.8 Å². The van der Waals surface area contributed by atoms with Crippen LogP contribution >= 0.6 is 22.9 Å². The molecule has 0 aliphatic rings. The molecular weight excluding hydrogens is 328 g/mol. The minimum absolute atomic E-state index is 0.0257. The third kappa shape index (κ3) is 3.30. The number of amides is 1. The Kier molecular flexibility index (Phi) is 4.49. The fraction of sp³-hybridized carbons (Fsp3) is 0.250. The van der Waals surface area contributed by atoms with Gasteiger partial charge in [-0.1, -0.05) is 34.8 Å². The van der Waals surface area contributed by atoms with Crippen molar-refractivity contribution in [1.82, 2.24) is 19.5 Å². The molecule has 0 spiro atoms. The molecule has 0 N–H and O–H groups in total. The monoisotopic (exact) mass is 344 g/mol. The van der Waals surface area contributed by atoms with E-state index < -0.39 is 0 Å². The van der Waals surface area contributed by atoms with Crippen molar-refractivity contribution in [3.63, 3.8) is 0 Å². The van der Waals surface area contributed by atoms with Gasteiger partial charge >= 0.3 is 0 Å². The van der Waals surface area contributed by atoms with Crippen molar-refractivity contribution >= 4 is 28.8 Å². The van der Waals surface area contributed by atoms with Crippen molar-refractivity contribution < 1.29 is 4.79 Å². The predicted octanol–water partition coefficient (Wildman–Crippen LogP) is 3.55. The maximum absolute atomic E-state index is 12.8. The normalized spacial score (nSPS) is 10.7. The van der Waals surface area contributed by atoms with Crippen LogP contribution in [0.1, 0.15) is 25.3 Å². The Morgan fingerprint density at radius 2 is 1.96 bits per heavy atom. The third-order valence-corrected chi connectivity index (χ3v) is 5.22. The zero-order chi connectivity index (χ0) is 16.4. The van der Waals surface area contributed by atoms with Crippen LogP contribution < -0.4 is 0 Å². The summed E-state index contributed by atoms with van der Waals surface area (Å²) in [6.07, 6.45) is 0. The number of rotatable bonds is 4. The summed E-state index contributed by atoms with van der Waals surface area (Å²) < 4.78 is 3.92. The van der Waals surface area contributed by atoms with Crippen LogP contribution in [0.3, 0.4) is 0 Å². The molecule has 7 heteroatoms. The summed E-state index contributed by atoms with van der Waals surface area (Å²) >= 11 is 2.76. The molecule has 1 aromatic carbocycles. The average molecular weight is 344 g/mol. The van der Waals surface area contributed by atoms with Crippen molar-refractivity contribution in [2.45, 2.75) is 20.4 Å². The number of hydrogen-bond acceptors (Lipinski definition) is 6. The zero-order valence-electron chi connectivity index (χ0n) is 13.1. The number of hydrogen-bond donors (Lipinski definition) is 0. The highest BCUT2D eigenvalue weighted by atomic mass is 32.1. The van der Waals surface area contributed by atoms with Crippen LogP contribution in [-0.4, -0.2) is 32.4 Å². The van der Waals surface area contributed by atoms with Gasteiger partial charge in [0.25, 0.3) is 5.91 Å². The number of aryl methyl sites for hydroxylation is 2. The van der Waals surface area contributed by atoms with Crippen LogP contribution in [-0.2, 0) is 6.54 Å². The van der Waals surface area contributed by atoms with Crippen LogP contribution in [0.2, 0.25) is 0 Å². The summed E-state index contributed by atoms with van der Waals surface area (Å²) in [4.78, 5) is 20.8. The highest BCUT2D eigenvalue weighted by Crippen LogP contribution is 2.29. The Labute approximate surface area is 142 Å². The van der Waals surface area contributed by atoms with Gasteiger partial charge in [-0.2, -0.15) is 0 Å². The van der Waals surface area contributed by atoms with E-state index >= 15 is 0 Å². The van der Waals surface area contributed by atoms with Gasteiger partial charge in [-0.05, 0) is 25.4 Å². The van der Waals surface area contributed by atoms with E-state index in [4.69, 9.17) is 0 Å². The van der Waals surface area contributed by atoms with Gasteiger partial charge in [-0.25, -0.2) is 4.98 Å². The minimum Gasteiger partial charge on any atom is -0.336 e. The highest BCUT2D eigenvalue weighted by molar-refractivity contribution is 7.14. The van der Waals surface area contributed by atoms with Crippen LogP contribution in [0.25, 0.3) is 11.3 Å². The van der Waals surface area contributed by atoms with Gasteiger partial charge in [-0.3, -0.25) is 4.79 Å². The molecule has 0 aliphatic carbocycles. The number of thiazole rings is 1. The van der Waals surface area contributed by atoms with Crippen LogP contribution in [0.15, 0.2) is 30.3 Å². The number of carbonyl (C=O) groups excluding carboxylic acids is 1. The third-order valence-electron chi connectivity index (χ3n) is 3.45. The van der Waals surface area contributed by atoms with E-state index in [-0.39, 0.29) is 5.91 Å². The molecule has 0 unspecified atom stereocenters. The first-order valence-corrected chi connectivity index (χ1v) is 8.71. The van der Waals surface area contributed by atoms with E-state index in [9.17, 15) is 4.79 Å². The summed E-state index contributed by atoms with van der Waals surface area (Å²) in [6.45, 7) is 4.34. The Morgan fingerprint density at radius 1 is 1.22 bits per heavy atom. The fourth-order valence-electron chi connectivity index (χ4n) is 2.22. The molecule has 23 heavy (non-hydrogen) atoms. The molecule has 2 aromatic heterocycles. The van der Waals surface area contributed by atoms with Gasteiger partial charge in [0.2, 0.25) is 0 Å². The van der Waals surface area contributed by atoms with Gasteiger partial charge in [0.1, 0.15) is 4.88 Å². The lowest BCUT2D eigenvalue weighted by Gasteiger charge is -2.16. The maximum atomic E-state index is 12.8. The van der Waals surface area contributed by atoms with Crippen molar-refractivity contribution in [2.75, 3.05) is 7.05 Å². The number of carbonyl (C=O) groups is 1. The van der Waals surface area contributed by atoms with E-state index in [1.54, 1.807) is 11.9 Å². The summed E-state index contributed by atoms with van der Waals surface area (Å²) in [5, 5.41) is 4.88. The van der Waals surface area contributed by atoms with Gasteiger partial charge in [0.15, 0.2) is 0 Å². The topological polar surface area (TPSA) is 59.0 Å². The number of benzene rings is 1. The Balaban J connectivity index is 1.89. The average Bonchev–Trinajstić information content (AvgIpc) is 3.13. The second-order valence-corrected chi connectivity index (χ2v) is 7.26. The van der Waals surface area contributed by atoms with Gasteiger partial charge in [0.05, 0.1) is 27.8 Å². The molecule has 3 rings (SSSR count). The van der Waals surface area contributed by atoms with E-state index in [1.807, 2.05) is 44.2 Å². The van der Waals surface area contributed by atoms with Crippen LogP contribution in [0, 0.1) is 13.8 Å². The lowest BCUT2D eigenvalue weighted by molar-refractivity contribution is 0.0791. The molecule has 0 fully saturated rings. The molecular formula is C16H16N4OS2. The molecule has 3 aromatic rings. The Hall–Kier alpha value is -2.12. The molecule has 118 valence electrons. The fourth-order valence-corrected chi connectivity index (χ4v) is 3.84. The SMILES string of the molecule is Cc1nc(-c2ccccc2)c(C(=O)N(C)Cc2snnc2C)s1. The highest BCUT2D eigenvalue weighted by Gasteiger charge is 2.22. The molecule has 0 atom stereocenters. The minimum atomic E-state index is -0.0257. The predicted molar refractivity (Wildman–Crippen MR) is 92.7 cm³/mol. The van der Waals surface area contributed by atoms with E-state index in [0.29, 0.717) is 11.4 Å². The van der Waals surface area contributed by atoms with E-state index in [1.165, 1.54) is 22.9 Å². The summed E-state index contributed by atoms with van der Waals surface area (Å²) in [7, 11) is 1.80. The van der Waals surface area contributed by atoms with Crippen molar-refractivity contribution in [3.8, 4) is 11.3 Å². The largest absolute Gasteiger partial charge is 0.336 e. The first-order chi connectivity index (χ1) is 11.1. The van der Waals surface area contributed by atoms with Crippen molar-refractivity contribution in [2.24, 2.45) is 0 Å². The summed E-state index contributed by atoms with van der Waals surface area (Å²) in [5.74, 6) is -0.0257. The first kappa shape index (κ1) is 15.8. The first-order valence-electron chi connectivity index (χ1n) is 7.12. The molecule has 0 bridgehead atoms. The second kappa shape index (κ2) is 6.55. The molecule has 0 saturated carbocycles. The van der Waals surface area contributed by atoms with Gasteiger partial charge in [0, 0.05) is 12.6 Å². The molecule has 5 nitrogen and oxygen atoms in total. The molecule has 0 radical (unpaired) electrons. The standard InChI is InChI=1S/C16H16N4OS2/c1-10-13(23-19-18-10)9-20(3)16(21)15-14(17-11(2)22-15)12-7-5-4-6-8-12/h4-8H,9H2,1-3H3. The molecule has 0 aliphatic heterocycles. The molecule has 0 saturated heterocycles. The van der Waals surface area contributed by atoms with Crippen LogP contribution in [0.5, 0.6) is 0 Å². The van der Waals surface area contributed by atoms with Gasteiger partial charge in [-0.15, -0.1) is 16.4 Å². The number of nitrogens with zero attached hydrogens (tertiary/aromatic N) is 4. The van der Waals surface area contributed by atoms with Gasteiger partial charge < -0.3 is 4.90 Å². The lowest BCUT2D eigenvalue weighted by atomic mass is 10.1. The van der Waals surface area contributed by atoms with Crippen molar-refractivity contribution in [1.29, 1.82) is 0 Å². The Morgan fingerprint density at radius 3 is 2.61 bits per heavy atom. The molecule has 2 heterocycles. The Bertz CT molecular complexity index is 826. The van der Waals surface area contributed by atoms with Crippen LogP contribution in [0.4, 0.5) is 0 Å².